The van der Waals surface area contributed by atoms with Crippen molar-refractivity contribution in [2.45, 2.75) is 25.8 Å². The zero-order valence-corrected chi connectivity index (χ0v) is 12.0. The molecule has 2 aromatic rings. The largest absolute Gasteiger partial charge is 0.337 e. The number of aromatic amines is 1. The molecule has 0 spiro atoms. The molecule has 106 valence electrons. The summed E-state index contributed by atoms with van der Waals surface area (Å²) >= 11 is 0. The predicted octanol–water partition coefficient (Wildman–Crippen LogP) is 1.75. The first-order valence-corrected chi connectivity index (χ1v) is 7.19. The van der Waals surface area contributed by atoms with Gasteiger partial charge in [0.25, 0.3) is 0 Å². The van der Waals surface area contributed by atoms with Gasteiger partial charge in [0, 0.05) is 31.6 Å². The molecule has 0 saturated carbocycles. The fourth-order valence-corrected chi connectivity index (χ4v) is 2.61. The summed E-state index contributed by atoms with van der Waals surface area (Å²) in [7, 11) is 0. The molecule has 1 aliphatic heterocycles. The van der Waals surface area contributed by atoms with Crippen LogP contribution in [0.15, 0.2) is 30.3 Å². The van der Waals surface area contributed by atoms with Crippen LogP contribution in [0.1, 0.15) is 31.2 Å². The number of rotatable bonds is 3. The Morgan fingerprint density at radius 2 is 2.10 bits per heavy atom. The first-order chi connectivity index (χ1) is 9.74. The van der Waals surface area contributed by atoms with Crippen molar-refractivity contribution >= 4 is 5.95 Å². The molecule has 5 heteroatoms. The molecule has 0 radical (unpaired) electrons. The van der Waals surface area contributed by atoms with Crippen molar-refractivity contribution in [2.24, 2.45) is 0 Å². The minimum Gasteiger partial charge on any atom is -0.337 e. The first kappa shape index (κ1) is 13.1. The normalized spacial score (nSPS) is 20.9. The highest BCUT2D eigenvalue weighted by Gasteiger charge is 2.21. The standard InChI is InChI=1S/C15H21N5/c1-11-10-20(9-8-16-11)15-17-14(18-19-15)12(2)13-6-4-3-5-7-13/h3-7,11-12,16H,8-10H2,1-2H3,(H,17,18,19)/t11-,12?/m0/s1. The second kappa shape index (κ2) is 5.63. The highest BCUT2D eigenvalue weighted by molar-refractivity contribution is 5.33. The summed E-state index contributed by atoms with van der Waals surface area (Å²) in [6.45, 7) is 7.24. The Bertz CT molecular complexity index is 550. The molecule has 1 aliphatic rings. The lowest BCUT2D eigenvalue weighted by Crippen LogP contribution is -2.49. The molecule has 0 aliphatic carbocycles. The molecule has 1 saturated heterocycles. The van der Waals surface area contributed by atoms with Gasteiger partial charge in [0.2, 0.25) is 5.95 Å². The summed E-state index contributed by atoms with van der Waals surface area (Å²) in [6, 6.07) is 10.9. The fraction of sp³-hybridized carbons (Fsp3) is 0.467. The SMILES string of the molecule is CC(c1ccccc1)c1nc(N2CCN[C@@H](C)C2)n[nH]1. The van der Waals surface area contributed by atoms with E-state index in [1.54, 1.807) is 0 Å². The van der Waals surface area contributed by atoms with Crippen molar-refractivity contribution < 1.29 is 0 Å². The van der Waals surface area contributed by atoms with E-state index in [1.165, 1.54) is 5.56 Å². The maximum atomic E-state index is 4.68. The number of nitrogens with zero attached hydrogens (tertiary/aromatic N) is 3. The van der Waals surface area contributed by atoms with E-state index in [2.05, 4.69) is 63.5 Å². The number of anilines is 1. The van der Waals surface area contributed by atoms with Gasteiger partial charge in [0.1, 0.15) is 5.82 Å². The Labute approximate surface area is 119 Å². The zero-order chi connectivity index (χ0) is 13.9. The third-order valence-electron chi connectivity index (χ3n) is 3.85. The molecule has 1 fully saturated rings. The van der Waals surface area contributed by atoms with E-state index in [4.69, 9.17) is 0 Å². The summed E-state index contributed by atoms with van der Waals surface area (Å²) in [5.74, 6) is 1.98. The van der Waals surface area contributed by atoms with E-state index < -0.39 is 0 Å². The molecule has 2 N–H and O–H groups in total. The van der Waals surface area contributed by atoms with Crippen LogP contribution in [0.3, 0.4) is 0 Å². The van der Waals surface area contributed by atoms with Crippen LogP contribution < -0.4 is 10.2 Å². The Balaban J connectivity index is 1.76. The molecule has 2 heterocycles. The maximum Gasteiger partial charge on any atom is 0.244 e. The van der Waals surface area contributed by atoms with E-state index in [0.29, 0.717) is 6.04 Å². The smallest absolute Gasteiger partial charge is 0.244 e. The van der Waals surface area contributed by atoms with Gasteiger partial charge >= 0.3 is 0 Å². The molecule has 5 nitrogen and oxygen atoms in total. The van der Waals surface area contributed by atoms with Gasteiger partial charge in [0.15, 0.2) is 0 Å². The van der Waals surface area contributed by atoms with E-state index in [-0.39, 0.29) is 5.92 Å². The van der Waals surface area contributed by atoms with Gasteiger partial charge in [-0.25, -0.2) is 0 Å². The molecule has 2 atom stereocenters. The lowest BCUT2D eigenvalue weighted by atomic mass is 10.0. The number of nitrogens with one attached hydrogen (secondary N) is 2. The summed E-state index contributed by atoms with van der Waals surface area (Å²) in [4.78, 5) is 6.91. The van der Waals surface area contributed by atoms with Gasteiger partial charge in [-0.1, -0.05) is 37.3 Å². The van der Waals surface area contributed by atoms with Gasteiger partial charge in [0.05, 0.1) is 0 Å². The van der Waals surface area contributed by atoms with Crippen LogP contribution >= 0.6 is 0 Å². The quantitative estimate of drug-likeness (QED) is 0.893. The Morgan fingerprint density at radius 3 is 2.85 bits per heavy atom. The average Bonchev–Trinajstić information content (AvgIpc) is 2.97. The zero-order valence-electron chi connectivity index (χ0n) is 12.0. The summed E-state index contributed by atoms with van der Waals surface area (Å²) in [5.41, 5.74) is 1.25. The van der Waals surface area contributed by atoms with E-state index in [1.807, 2.05) is 6.07 Å². The van der Waals surface area contributed by atoms with Crippen LogP contribution in [-0.4, -0.2) is 40.9 Å². The number of aromatic nitrogens is 3. The van der Waals surface area contributed by atoms with E-state index >= 15 is 0 Å². The number of H-pyrrole nitrogens is 1. The summed E-state index contributed by atoms with van der Waals surface area (Å²) in [6.07, 6.45) is 0. The lowest BCUT2D eigenvalue weighted by molar-refractivity contribution is 0.479. The van der Waals surface area contributed by atoms with E-state index in [0.717, 1.165) is 31.4 Å². The number of benzene rings is 1. The van der Waals surface area contributed by atoms with Crippen molar-refractivity contribution in [2.75, 3.05) is 24.5 Å². The molecule has 3 rings (SSSR count). The van der Waals surface area contributed by atoms with Crippen LogP contribution in [-0.2, 0) is 0 Å². The molecule has 1 aromatic carbocycles. The van der Waals surface area contributed by atoms with Crippen molar-refractivity contribution in [3.05, 3.63) is 41.7 Å². The minimum atomic E-state index is 0.234. The molecule has 1 aromatic heterocycles. The van der Waals surface area contributed by atoms with Crippen LogP contribution in [0.4, 0.5) is 5.95 Å². The van der Waals surface area contributed by atoms with Gasteiger partial charge in [-0.05, 0) is 12.5 Å². The van der Waals surface area contributed by atoms with Gasteiger partial charge in [-0.2, -0.15) is 4.98 Å². The average molecular weight is 271 g/mol. The Hall–Kier alpha value is -1.88. The molecule has 0 amide bonds. The van der Waals surface area contributed by atoms with Crippen molar-refractivity contribution in [1.29, 1.82) is 0 Å². The molecule has 1 unspecified atom stereocenters. The van der Waals surface area contributed by atoms with Gasteiger partial charge in [-0.3, -0.25) is 5.10 Å². The number of piperazine rings is 1. The molecule has 20 heavy (non-hydrogen) atoms. The van der Waals surface area contributed by atoms with Crippen molar-refractivity contribution in [3.63, 3.8) is 0 Å². The summed E-state index contributed by atoms with van der Waals surface area (Å²) in [5, 5.41) is 10.9. The predicted molar refractivity (Wildman–Crippen MR) is 80.0 cm³/mol. The van der Waals surface area contributed by atoms with Gasteiger partial charge < -0.3 is 10.2 Å². The fourth-order valence-electron chi connectivity index (χ4n) is 2.61. The second-order valence-electron chi connectivity index (χ2n) is 5.45. The minimum absolute atomic E-state index is 0.234. The molecular formula is C15H21N5. The van der Waals surface area contributed by atoms with Crippen molar-refractivity contribution in [3.8, 4) is 0 Å². The Morgan fingerprint density at radius 1 is 1.30 bits per heavy atom. The van der Waals surface area contributed by atoms with Crippen LogP contribution in [0, 0.1) is 0 Å². The monoisotopic (exact) mass is 271 g/mol. The third-order valence-corrected chi connectivity index (χ3v) is 3.85. The maximum absolute atomic E-state index is 4.68. The molecular weight excluding hydrogens is 250 g/mol. The van der Waals surface area contributed by atoms with Crippen LogP contribution in [0.25, 0.3) is 0 Å². The first-order valence-electron chi connectivity index (χ1n) is 7.19. The second-order valence-corrected chi connectivity index (χ2v) is 5.45. The third kappa shape index (κ3) is 2.67. The molecule has 0 bridgehead atoms. The van der Waals surface area contributed by atoms with Crippen LogP contribution in [0.5, 0.6) is 0 Å². The number of hydrogen-bond donors (Lipinski definition) is 2. The topological polar surface area (TPSA) is 56.8 Å². The number of hydrogen-bond acceptors (Lipinski definition) is 4. The lowest BCUT2D eigenvalue weighted by Gasteiger charge is -2.30. The highest BCUT2D eigenvalue weighted by Crippen LogP contribution is 2.22. The van der Waals surface area contributed by atoms with Crippen LogP contribution in [0.2, 0.25) is 0 Å². The Kier molecular flexibility index (Phi) is 3.69. The van der Waals surface area contributed by atoms with Gasteiger partial charge in [-0.15, -0.1) is 5.10 Å². The highest BCUT2D eigenvalue weighted by atomic mass is 15.4. The van der Waals surface area contributed by atoms with E-state index in [9.17, 15) is 0 Å². The summed E-state index contributed by atoms with van der Waals surface area (Å²) < 4.78 is 0. The van der Waals surface area contributed by atoms with Crippen molar-refractivity contribution in [1.82, 2.24) is 20.5 Å².